The van der Waals surface area contributed by atoms with Gasteiger partial charge >= 0.3 is 0 Å². The number of methoxy groups -OCH3 is 2. The van der Waals surface area contributed by atoms with Crippen LogP contribution in [0.25, 0.3) is 0 Å². The molecule has 0 unspecified atom stereocenters. The average molecular weight is 342 g/mol. The molecule has 1 atom stereocenters. The SMILES string of the molecule is COC[C@@H](C)NC(=S)NNC(=O)c1cc([N+](=O)[O-])ccc1OC. The second kappa shape index (κ2) is 8.86. The molecule has 0 saturated heterocycles. The summed E-state index contributed by atoms with van der Waals surface area (Å²) in [6.45, 7) is 2.29. The number of carbonyl (C=O) groups is 1. The van der Waals surface area contributed by atoms with Gasteiger partial charge in [0, 0.05) is 25.3 Å². The molecular weight excluding hydrogens is 324 g/mol. The van der Waals surface area contributed by atoms with E-state index in [1.807, 2.05) is 6.92 Å². The summed E-state index contributed by atoms with van der Waals surface area (Å²) in [5.41, 5.74) is 4.66. The lowest BCUT2D eigenvalue weighted by Crippen LogP contribution is -2.50. The number of ether oxygens (including phenoxy) is 2. The number of nitrogens with one attached hydrogen (secondary N) is 3. The van der Waals surface area contributed by atoms with E-state index in [-0.39, 0.29) is 28.2 Å². The summed E-state index contributed by atoms with van der Waals surface area (Å²) in [6, 6.07) is 3.68. The molecule has 23 heavy (non-hydrogen) atoms. The Balaban J connectivity index is 2.72. The van der Waals surface area contributed by atoms with Crippen molar-refractivity contribution < 1.29 is 19.2 Å². The van der Waals surface area contributed by atoms with Crippen molar-refractivity contribution in [1.29, 1.82) is 0 Å². The van der Waals surface area contributed by atoms with Crippen molar-refractivity contribution in [2.75, 3.05) is 20.8 Å². The van der Waals surface area contributed by atoms with Crippen molar-refractivity contribution in [2.45, 2.75) is 13.0 Å². The molecular formula is C13H18N4O5S. The fraction of sp³-hybridized carbons (Fsp3) is 0.385. The first-order chi connectivity index (χ1) is 10.9. The summed E-state index contributed by atoms with van der Waals surface area (Å²) in [5, 5.41) is 13.9. The van der Waals surface area contributed by atoms with Crippen molar-refractivity contribution in [2.24, 2.45) is 0 Å². The van der Waals surface area contributed by atoms with Crippen LogP contribution in [0.2, 0.25) is 0 Å². The number of nitrogens with zero attached hydrogens (tertiary/aromatic N) is 1. The minimum absolute atomic E-state index is 0.0157. The third-order valence-corrected chi connectivity index (χ3v) is 2.94. The Hall–Kier alpha value is -2.46. The van der Waals surface area contributed by atoms with E-state index in [9.17, 15) is 14.9 Å². The van der Waals surface area contributed by atoms with Crippen LogP contribution >= 0.6 is 12.2 Å². The van der Waals surface area contributed by atoms with E-state index >= 15 is 0 Å². The maximum Gasteiger partial charge on any atom is 0.273 e. The van der Waals surface area contributed by atoms with Gasteiger partial charge in [0.15, 0.2) is 5.11 Å². The predicted molar refractivity (Wildman–Crippen MR) is 87.3 cm³/mol. The molecule has 1 rings (SSSR count). The third kappa shape index (κ3) is 5.68. The Kier molecular flexibility index (Phi) is 7.16. The second-order valence-corrected chi connectivity index (χ2v) is 4.96. The first kappa shape index (κ1) is 18.6. The summed E-state index contributed by atoms with van der Waals surface area (Å²) >= 11 is 5.01. The number of amides is 1. The minimum atomic E-state index is -0.617. The van der Waals surface area contributed by atoms with E-state index in [1.165, 1.54) is 19.2 Å². The van der Waals surface area contributed by atoms with Gasteiger partial charge in [-0.15, -0.1) is 0 Å². The van der Waals surface area contributed by atoms with Crippen LogP contribution in [0.4, 0.5) is 5.69 Å². The minimum Gasteiger partial charge on any atom is -0.496 e. The smallest absolute Gasteiger partial charge is 0.273 e. The van der Waals surface area contributed by atoms with Crippen molar-refractivity contribution in [3.8, 4) is 5.75 Å². The average Bonchev–Trinajstić information content (AvgIpc) is 2.52. The molecule has 0 heterocycles. The summed E-state index contributed by atoms with van der Waals surface area (Å²) in [5.74, 6) is -0.407. The van der Waals surface area contributed by atoms with Crippen LogP contribution in [0.3, 0.4) is 0 Å². The van der Waals surface area contributed by atoms with Crippen molar-refractivity contribution >= 4 is 28.9 Å². The van der Waals surface area contributed by atoms with Crippen LogP contribution in [0.15, 0.2) is 18.2 Å². The highest BCUT2D eigenvalue weighted by Gasteiger charge is 2.17. The number of nitro groups is 1. The number of hydrazine groups is 1. The van der Waals surface area contributed by atoms with Gasteiger partial charge in [-0.25, -0.2) is 0 Å². The maximum atomic E-state index is 12.1. The number of non-ortho nitro benzene ring substituents is 1. The van der Waals surface area contributed by atoms with Gasteiger partial charge in [0.2, 0.25) is 0 Å². The highest BCUT2D eigenvalue weighted by Crippen LogP contribution is 2.23. The van der Waals surface area contributed by atoms with Gasteiger partial charge in [0.25, 0.3) is 11.6 Å². The highest BCUT2D eigenvalue weighted by atomic mass is 32.1. The summed E-state index contributed by atoms with van der Waals surface area (Å²) in [7, 11) is 2.93. The topological polar surface area (TPSA) is 115 Å². The molecule has 0 saturated carbocycles. The molecule has 9 nitrogen and oxygen atoms in total. The van der Waals surface area contributed by atoms with E-state index in [4.69, 9.17) is 21.7 Å². The van der Waals surface area contributed by atoms with Gasteiger partial charge in [0.05, 0.1) is 24.2 Å². The van der Waals surface area contributed by atoms with Crippen LogP contribution in [-0.4, -0.2) is 42.8 Å². The zero-order chi connectivity index (χ0) is 17.4. The zero-order valence-corrected chi connectivity index (χ0v) is 13.7. The Morgan fingerprint density at radius 2 is 2.09 bits per heavy atom. The Bertz CT molecular complexity index is 596. The molecule has 126 valence electrons. The number of hydrogen-bond donors (Lipinski definition) is 3. The monoisotopic (exact) mass is 342 g/mol. The number of rotatable bonds is 6. The molecule has 10 heteroatoms. The standard InChI is InChI=1S/C13H18N4O5S/c1-8(7-21-2)14-13(23)16-15-12(18)10-6-9(17(19)20)4-5-11(10)22-3/h4-6,8H,7H2,1-3H3,(H,15,18)(H2,14,16,23)/t8-/m1/s1. The number of nitro benzene ring substituents is 1. The normalized spacial score (nSPS) is 11.3. The van der Waals surface area contributed by atoms with Crippen LogP contribution < -0.4 is 20.9 Å². The lowest BCUT2D eigenvalue weighted by Gasteiger charge is -2.16. The summed E-state index contributed by atoms with van der Waals surface area (Å²) in [6.07, 6.45) is 0. The predicted octanol–water partition coefficient (Wildman–Crippen LogP) is 0.747. The lowest BCUT2D eigenvalue weighted by atomic mass is 10.1. The van der Waals surface area contributed by atoms with Gasteiger partial charge in [0.1, 0.15) is 5.75 Å². The Morgan fingerprint density at radius 1 is 1.39 bits per heavy atom. The molecule has 1 amide bonds. The third-order valence-electron chi connectivity index (χ3n) is 2.72. The second-order valence-electron chi connectivity index (χ2n) is 4.55. The number of hydrogen-bond acceptors (Lipinski definition) is 6. The summed E-state index contributed by atoms with van der Waals surface area (Å²) in [4.78, 5) is 22.3. The van der Waals surface area contributed by atoms with Gasteiger partial charge < -0.3 is 14.8 Å². The van der Waals surface area contributed by atoms with Crippen molar-refractivity contribution in [3.63, 3.8) is 0 Å². The lowest BCUT2D eigenvalue weighted by molar-refractivity contribution is -0.384. The van der Waals surface area contributed by atoms with Gasteiger partial charge in [-0.1, -0.05) is 0 Å². The van der Waals surface area contributed by atoms with Crippen molar-refractivity contribution in [1.82, 2.24) is 16.2 Å². The molecule has 1 aromatic rings. The molecule has 0 aliphatic heterocycles. The molecule has 0 aromatic heterocycles. The molecule has 0 fully saturated rings. The highest BCUT2D eigenvalue weighted by molar-refractivity contribution is 7.80. The first-order valence-corrected chi connectivity index (χ1v) is 6.98. The zero-order valence-electron chi connectivity index (χ0n) is 12.9. The molecule has 0 aliphatic carbocycles. The molecule has 1 aromatic carbocycles. The van der Waals surface area contributed by atoms with E-state index in [2.05, 4.69) is 16.2 Å². The number of thiocarbonyl (C=S) groups is 1. The van der Waals surface area contributed by atoms with E-state index in [0.29, 0.717) is 6.61 Å². The number of benzene rings is 1. The Labute approximate surface area is 138 Å². The number of carbonyl (C=O) groups excluding carboxylic acids is 1. The van der Waals surface area contributed by atoms with E-state index in [0.717, 1.165) is 6.07 Å². The maximum absolute atomic E-state index is 12.1. The van der Waals surface area contributed by atoms with Crippen molar-refractivity contribution in [3.05, 3.63) is 33.9 Å². The van der Waals surface area contributed by atoms with Gasteiger partial charge in [-0.05, 0) is 25.2 Å². The molecule has 0 radical (unpaired) electrons. The van der Waals surface area contributed by atoms with E-state index in [1.54, 1.807) is 7.11 Å². The molecule has 0 bridgehead atoms. The van der Waals surface area contributed by atoms with Gasteiger partial charge in [-0.3, -0.25) is 25.8 Å². The summed E-state index contributed by atoms with van der Waals surface area (Å²) < 4.78 is 9.98. The van der Waals surface area contributed by atoms with Gasteiger partial charge in [-0.2, -0.15) is 0 Å². The van der Waals surface area contributed by atoms with Crippen LogP contribution in [0, 0.1) is 10.1 Å². The van der Waals surface area contributed by atoms with Crippen LogP contribution in [0.5, 0.6) is 5.75 Å². The first-order valence-electron chi connectivity index (χ1n) is 6.57. The Morgan fingerprint density at radius 3 is 2.65 bits per heavy atom. The fourth-order valence-electron chi connectivity index (χ4n) is 1.72. The quantitative estimate of drug-likeness (QED) is 0.394. The largest absolute Gasteiger partial charge is 0.496 e. The van der Waals surface area contributed by atoms with Crippen LogP contribution in [-0.2, 0) is 4.74 Å². The molecule has 0 aliphatic rings. The van der Waals surface area contributed by atoms with E-state index < -0.39 is 10.8 Å². The van der Waals surface area contributed by atoms with Crippen LogP contribution in [0.1, 0.15) is 17.3 Å². The fourth-order valence-corrected chi connectivity index (χ4v) is 1.97. The molecule has 0 spiro atoms. The molecule has 3 N–H and O–H groups in total.